The Bertz CT molecular complexity index is 670. The van der Waals surface area contributed by atoms with Crippen molar-refractivity contribution < 1.29 is 14.3 Å². The number of carbonyl (C=O) groups excluding carboxylic acids is 1. The van der Waals surface area contributed by atoms with Gasteiger partial charge in [0.1, 0.15) is 0 Å². The predicted octanol–water partition coefficient (Wildman–Crippen LogP) is 3.00. The van der Waals surface area contributed by atoms with E-state index in [1.807, 2.05) is 31.2 Å². The van der Waals surface area contributed by atoms with Gasteiger partial charge in [-0.2, -0.15) is 0 Å². The Hall–Kier alpha value is -2.14. The first-order chi connectivity index (χ1) is 11.6. The summed E-state index contributed by atoms with van der Waals surface area (Å²) in [5.74, 6) is 1.33. The molecule has 2 aromatic rings. The van der Waals surface area contributed by atoms with Crippen molar-refractivity contribution >= 4 is 5.91 Å². The van der Waals surface area contributed by atoms with Crippen LogP contribution in [-0.4, -0.2) is 28.1 Å². The average Bonchev–Trinajstić information content (AvgIpc) is 3.05. The van der Waals surface area contributed by atoms with E-state index in [9.17, 15) is 9.90 Å². The van der Waals surface area contributed by atoms with Crippen molar-refractivity contribution in [3.63, 3.8) is 0 Å². The highest BCUT2D eigenvalue weighted by Crippen LogP contribution is 2.21. The maximum atomic E-state index is 12.0. The number of amides is 1. The second-order valence-corrected chi connectivity index (χ2v) is 6.56. The topological polar surface area (TPSA) is 75.4 Å². The zero-order valence-electron chi connectivity index (χ0n) is 14.0. The molecule has 1 aromatic heterocycles. The molecule has 0 aliphatic heterocycles. The molecule has 5 heteroatoms. The second kappa shape index (κ2) is 7.62. The highest BCUT2D eigenvalue weighted by atomic mass is 16.4. The summed E-state index contributed by atoms with van der Waals surface area (Å²) in [6, 6.07) is 8.26. The van der Waals surface area contributed by atoms with Crippen LogP contribution in [0, 0.1) is 6.92 Å². The number of aromatic nitrogens is 1. The molecule has 0 radical (unpaired) electrons. The van der Waals surface area contributed by atoms with Crippen LogP contribution in [0.2, 0.25) is 0 Å². The predicted molar refractivity (Wildman–Crippen MR) is 91.4 cm³/mol. The number of benzene rings is 1. The molecule has 1 aliphatic carbocycles. The molecular weight excluding hydrogens is 304 g/mol. The summed E-state index contributed by atoms with van der Waals surface area (Å²) in [7, 11) is 0. The van der Waals surface area contributed by atoms with E-state index < -0.39 is 0 Å². The molecule has 1 aromatic carbocycles. The summed E-state index contributed by atoms with van der Waals surface area (Å²) < 4.78 is 5.74. The van der Waals surface area contributed by atoms with Gasteiger partial charge in [0.05, 0.1) is 12.3 Å². The lowest BCUT2D eigenvalue weighted by molar-refractivity contribution is -0.122. The summed E-state index contributed by atoms with van der Waals surface area (Å²) in [4.78, 5) is 16.3. The van der Waals surface area contributed by atoms with Gasteiger partial charge in [-0.15, -0.1) is 0 Å². The monoisotopic (exact) mass is 328 g/mol. The lowest BCUT2D eigenvalue weighted by Gasteiger charge is -2.26. The Kier molecular flexibility index (Phi) is 5.30. The maximum Gasteiger partial charge on any atom is 0.220 e. The van der Waals surface area contributed by atoms with Crippen LogP contribution in [0.3, 0.4) is 0 Å². The molecule has 0 unspecified atom stereocenters. The molecule has 0 atom stereocenters. The van der Waals surface area contributed by atoms with Gasteiger partial charge in [-0.05, 0) is 32.6 Å². The molecule has 3 rings (SSSR count). The average molecular weight is 328 g/mol. The van der Waals surface area contributed by atoms with Crippen LogP contribution in [0.1, 0.15) is 43.6 Å². The lowest BCUT2D eigenvalue weighted by atomic mass is 9.93. The quantitative estimate of drug-likeness (QED) is 0.885. The highest BCUT2D eigenvalue weighted by molar-refractivity contribution is 5.76. The number of aryl methyl sites for hydroxylation is 2. The van der Waals surface area contributed by atoms with Gasteiger partial charge in [-0.25, -0.2) is 4.98 Å². The van der Waals surface area contributed by atoms with Gasteiger partial charge in [0.2, 0.25) is 5.91 Å². The van der Waals surface area contributed by atoms with Gasteiger partial charge < -0.3 is 14.8 Å². The Balaban J connectivity index is 1.48. The third kappa shape index (κ3) is 4.45. The Morgan fingerprint density at radius 3 is 2.67 bits per heavy atom. The third-order valence-electron chi connectivity index (χ3n) is 4.52. The zero-order chi connectivity index (χ0) is 16.9. The van der Waals surface area contributed by atoms with Crippen molar-refractivity contribution in [1.82, 2.24) is 10.3 Å². The molecule has 1 fully saturated rings. The van der Waals surface area contributed by atoms with Gasteiger partial charge in [-0.3, -0.25) is 4.79 Å². The SMILES string of the molecule is Cc1ccc(-c2cnc(CCC(=O)NC3CCC(O)CC3)o2)cc1. The van der Waals surface area contributed by atoms with Crippen molar-refractivity contribution in [3.05, 3.63) is 41.9 Å². The molecule has 1 heterocycles. The minimum Gasteiger partial charge on any atom is -0.441 e. The van der Waals surface area contributed by atoms with Gasteiger partial charge in [0.25, 0.3) is 0 Å². The first kappa shape index (κ1) is 16.7. The summed E-state index contributed by atoms with van der Waals surface area (Å²) in [5.41, 5.74) is 2.19. The molecule has 0 bridgehead atoms. The van der Waals surface area contributed by atoms with Crippen molar-refractivity contribution in [1.29, 1.82) is 0 Å². The van der Waals surface area contributed by atoms with E-state index in [1.54, 1.807) is 6.20 Å². The number of aliphatic hydroxyl groups excluding tert-OH is 1. The third-order valence-corrected chi connectivity index (χ3v) is 4.52. The number of hydrogen-bond acceptors (Lipinski definition) is 4. The molecule has 5 nitrogen and oxygen atoms in total. The molecule has 1 aliphatic rings. The lowest BCUT2D eigenvalue weighted by Crippen LogP contribution is -2.38. The molecule has 1 amide bonds. The summed E-state index contributed by atoms with van der Waals surface area (Å²) in [6.45, 7) is 2.04. The first-order valence-corrected chi connectivity index (χ1v) is 8.59. The standard InChI is InChI=1S/C19H24N2O3/c1-13-2-4-14(5-3-13)17-12-20-19(24-17)11-10-18(23)21-15-6-8-16(22)9-7-15/h2-5,12,15-16,22H,6-11H2,1H3,(H,21,23). The fourth-order valence-electron chi connectivity index (χ4n) is 3.02. The highest BCUT2D eigenvalue weighted by Gasteiger charge is 2.20. The van der Waals surface area contributed by atoms with Crippen LogP contribution < -0.4 is 5.32 Å². The molecule has 0 saturated heterocycles. The van der Waals surface area contributed by atoms with Gasteiger partial charge in [-0.1, -0.05) is 29.8 Å². The molecule has 1 saturated carbocycles. The van der Waals surface area contributed by atoms with E-state index in [2.05, 4.69) is 10.3 Å². The number of aliphatic hydroxyl groups is 1. The van der Waals surface area contributed by atoms with Gasteiger partial charge in [0, 0.05) is 24.4 Å². The van der Waals surface area contributed by atoms with Gasteiger partial charge in [0.15, 0.2) is 11.7 Å². The molecule has 0 spiro atoms. The Morgan fingerprint density at radius 2 is 1.96 bits per heavy atom. The van der Waals surface area contributed by atoms with E-state index in [0.29, 0.717) is 18.7 Å². The largest absolute Gasteiger partial charge is 0.441 e. The van der Waals surface area contributed by atoms with Crippen molar-refractivity contribution in [2.45, 2.75) is 57.6 Å². The van der Waals surface area contributed by atoms with Crippen LogP contribution >= 0.6 is 0 Å². The number of nitrogens with zero attached hydrogens (tertiary/aromatic N) is 1. The van der Waals surface area contributed by atoms with Crippen LogP contribution in [0.4, 0.5) is 0 Å². The zero-order valence-corrected chi connectivity index (χ0v) is 14.0. The van der Waals surface area contributed by atoms with E-state index in [1.165, 1.54) is 5.56 Å². The smallest absolute Gasteiger partial charge is 0.220 e. The molecule has 128 valence electrons. The summed E-state index contributed by atoms with van der Waals surface area (Å²) in [5, 5.41) is 12.5. The Labute approximate surface area is 142 Å². The van der Waals surface area contributed by atoms with Crippen molar-refractivity contribution in [2.75, 3.05) is 0 Å². The van der Waals surface area contributed by atoms with E-state index in [4.69, 9.17) is 4.42 Å². The fraction of sp³-hybridized carbons (Fsp3) is 0.474. The van der Waals surface area contributed by atoms with Crippen molar-refractivity contribution in [3.8, 4) is 11.3 Å². The van der Waals surface area contributed by atoms with Gasteiger partial charge >= 0.3 is 0 Å². The number of rotatable bonds is 5. The van der Waals surface area contributed by atoms with Crippen LogP contribution in [0.15, 0.2) is 34.9 Å². The fourth-order valence-corrected chi connectivity index (χ4v) is 3.02. The number of hydrogen-bond donors (Lipinski definition) is 2. The summed E-state index contributed by atoms with van der Waals surface area (Å²) in [6.07, 6.45) is 5.60. The number of carbonyl (C=O) groups is 1. The Morgan fingerprint density at radius 1 is 1.25 bits per heavy atom. The van der Waals surface area contributed by atoms with Crippen molar-refractivity contribution in [2.24, 2.45) is 0 Å². The molecular formula is C19H24N2O3. The van der Waals surface area contributed by atoms with Crippen LogP contribution in [0.25, 0.3) is 11.3 Å². The maximum absolute atomic E-state index is 12.0. The number of nitrogens with one attached hydrogen (secondary N) is 1. The molecule has 24 heavy (non-hydrogen) atoms. The van der Waals surface area contributed by atoms with E-state index in [-0.39, 0.29) is 18.1 Å². The van der Waals surface area contributed by atoms with Crippen LogP contribution in [0.5, 0.6) is 0 Å². The van der Waals surface area contributed by atoms with Crippen LogP contribution in [-0.2, 0) is 11.2 Å². The second-order valence-electron chi connectivity index (χ2n) is 6.56. The first-order valence-electron chi connectivity index (χ1n) is 8.59. The minimum atomic E-state index is -0.203. The number of oxazole rings is 1. The van der Waals surface area contributed by atoms with E-state index >= 15 is 0 Å². The summed E-state index contributed by atoms with van der Waals surface area (Å²) >= 11 is 0. The molecule has 2 N–H and O–H groups in total. The minimum absolute atomic E-state index is 0.0199. The normalized spacial score (nSPS) is 20.8. The van der Waals surface area contributed by atoms with E-state index in [0.717, 1.165) is 37.0 Å².